The van der Waals surface area contributed by atoms with E-state index in [4.69, 9.17) is 14.5 Å². The van der Waals surface area contributed by atoms with Gasteiger partial charge in [0.1, 0.15) is 6.61 Å². The summed E-state index contributed by atoms with van der Waals surface area (Å²) in [5, 5.41) is 3.44. The number of likely N-dealkylation sites (tertiary alicyclic amines) is 1. The Kier molecular flexibility index (Phi) is 7.86. The fourth-order valence-corrected chi connectivity index (χ4v) is 3.58. The number of guanidine groups is 1. The summed E-state index contributed by atoms with van der Waals surface area (Å²) in [5.41, 5.74) is 0.968. The summed E-state index contributed by atoms with van der Waals surface area (Å²) >= 11 is 0. The highest BCUT2D eigenvalue weighted by Gasteiger charge is 2.28. The number of hydrogen-bond acceptors (Lipinski definition) is 5. The van der Waals surface area contributed by atoms with E-state index in [1.807, 2.05) is 30.9 Å². The Morgan fingerprint density at radius 1 is 1.34 bits per heavy atom. The van der Waals surface area contributed by atoms with E-state index >= 15 is 0 Å². The smallest absolute Gasteiger partial charge is 0.218 e. The van der Waals surface area contributed by atoms with Gasteiger partial charge in [-0.3, -0.25) is 0 Å². The molecule has 0 bridgehead atoms. The van der Waals surface area contributed by atoms with Crippen LogP contribution in [-0.4, -0.2) is 65.4 Å². The first-order valence-electron chi connectivity index (χ1n) is 10.3. The van der Waals surface area contributed by atoms with Crippen molar-refractivity contribution in [1.29, 1.82) is 0 Å². The number of rotatable bonds is 8. The van der Waals surface area contributed by atoms with Crippen molar-refractivity contribution in [3.05, 3.63) is 42.6 Å². The van der Waals surface area contributed by atoms with Crippen LogP contribution < -0.4 is 10.1 Å². The van der Waals surface area contributed by atoms with Crippen LogP contribution in [0.1, 0.15) is 31.9 Å². The Morgan fingerprint density at radius 2 is 2.24 bits per heavy atom. The van der Waals surface area contributed by atoms with Crippen LogP contribution in [0.15, 0.2) is 42.0 Å². The Morgan fingerprint density at radius 3 is 3.00 bits per heavy atom. The molecular weight excluding hydrogens is 368 g/mol. The van der Waals surface area contributed by atoms with Crippen LogP contribution >= 0.6 is 0 Å². The standard InChI is InChI=1S/C21H32N6O2/c1-4-23-21(25-14-18-6-5-8-24-20(18)29-13-12-28-3)26-10-7-17(2)19(15-26)27-11-9-22-16-27/h5-6,8-9,11,16-17,19H,4,7,10,12-15H2,1-3H3,(H,23,25). The van der Waals surface area contributed by atoms with Gasteiger partial charge in [-0.25, -0.2) is 15.0 Å². The van der Waals surface area contributed by atoms with Crippen LogP contribution in [0.25, 0.3) is 0 Å². The van der Waals surface area contributed by atoms with Gasteiger partial charge in [0.15, 0.2) is 5.96 Å². The van der Waals surface area contributed by atoms with Gasteiger partial charge in [0, 0.05) is 50.9 Å². The van der Waals surface area contributed by atoms with Gasteiger partial charge in [0.05, 0.1) is 25.5 Å². The monoisotopic (exact) mass is 400 g/mol. The second-order valence-corrected chi connectivity index (χ2v) is 7.27. The number of hydrogen-bond donors (Lipinski definition) is 1. The van der Waals surface area contributed by atoms with Crippen LogP contribution in [0.4, 0.5) is 0 Å². The van der Waals surface area contributed by atoms with E-state index in [1.54, 1.807) is 13.3 Å². The van der Waals surface area contributed by atoms with Crippen molar-refractivity contribution in [2.24, 2.45) is 10.9 Å². The van der Waals surface area contributed by atoms with Crippen LogP contribution in [0.2, 0.25) is 0 Å². The van der Waals surface area contributed by atoms with Crippen LogP contribution in [0.3, 0.4) is 0 Å². The number of nitrogens with zero attached hydrogens (tertiary/aromatic N) is 5. The number of methoxy groups -OCH3 is 1. The van der Waals surface area contributed by atoms with E-state index in [0.717, 1.165) is 37.6 Å². The van der Waals surface area contributed by atoms with Gasteiger partial charge < -0.3 is 24.3 Å². The first-order chi connectivity index (χ1) is 14.2. The zero-order chi connectivity index (χ0) is 20.5. The third-order valence-corrected chi connectivity index (χ3v) is 5.24. The first kappa shape index (κ1) is 21.1. The van der Waals surface area contributed by atoms with Crippen molar-refractivity contribution in [3.8, 4) is 5.88 Å². The lowest BCUT2D eigenvalue weighted by Gasteiger charge is -2.39. The Labute approximate surface area is 173 Å². The molecule has 1 aliphatic heterocycles. The molecule has 29 heavy (non-hydrogen) atoms. The van der Waals surface area contributed by atoms with Crippen molar-refractivity contribution in [2.45, 2.75) is 32.9 Å². The average molecular weight is 401 g/mol. The molecule has 2 unspecified atom stereocenters. The molecule has 158 valence electrons. The Bertz CT molecular complexity index is 764. The van der Waals surface area contributed by atoms with E-state index < -0.39 is 0 Å². The van der Waals surface area contributed by atoms with Gasteiger partial charge in [0.25, 0.3) is 0 Å². The van der Waals surface area contributed by atoms with E-state index in [9.17, 15) is 0 Å². The summed E-state index contributed by atoms with van der Waals surface area (Å²) in [6.07, 6.45) is 8.66. The van der Waals surface area contributed by atoms with Gasteiger partial charge in [-0.15, -0.1) is 0 Å². The molecule has 8 heteroatoms. The van der Waals surface area contributed by atoms with Crippen molar-refractivity contribution >= 4 is 5.96 Å². The van der Waals surface area contributed by atoms with Gasteiger partial charge in [-0.05, 0) is 25.3 Å². The molecule has 8 nitrogen and oxygen atoms in total. The Hall–Kier alpha value is -2.61. The molecule has 3 heterocycles. The van der Waals surface area contributed by atoms with Crippen LogP contribution in [-0.2, 0) is 11.3 Å². The van der Waals surface area contributed by atoms with Gasteiger partial charge >= 0.3 is 0 Å². The normalized spacial score (nSPS) is 20.0. The van der Waals surface area contributed by atoms with E-state index in [-0.39, 0.29) is 0 Å². The molecule has 2 aromatic heterocycles. The summed E-state index contributed by atoms with van der Waals surface area (Å²) < 4.78 is 13.0. The highest BCUT2D eigenvalue weighted by molar-refractivity contribution is 5.80. The van der Waals surface area contributed by atoms with Gasteiger partial charge in [-0.2, -0.15) is 0 Å². The fourth-order valence-electron chi connectivity index (χ4n) is 3.58. The minimum Gasteiger partial charge on any atom is -0.475 e. The number of aliphatic imine (C=N–C) groups is 1. The van der Waals surface area contributed by atoms with Crippen molar-refractivity contribution < 1.29 is 9.47 Å². The molecule has 2 atom stereocenters. The quantitative estimate of drug-likeness (QED) is 0.416. The minimum atomic E-state index is 0.390. The van der Waals surface area contributed by atoms with Crippen molar-refractivity contribution in [2.75, 3.05) is 40.0 Å². The highest BCUT2D eigenvalue weighted by atomic mass is 16.5. The predicted octanol–water partition coefficient (Wildman–Crippen LogP) is 2.35. The molecule has 1 fully saturated rings. The fraction of sp³-hybridized carbons (Fsp3) is 0.571. The molecule has 0 radical (unpaired) electrons. The maximum absolute atomic E-state index is 5.75. The second kappa shape index (κ2) is 10.8. The molecule has 0 aromatic carbocycles. The third-order valence-electron chi connectivity index (χ3n) is 5.24. The second-order valence-electron chi connectivity index (χ2n) is 7.27. The summed E-state index contributed by atoms with van der Waals surface area (Å²) in [7, 11) is 1.66. The Balaban J connectivity index is 1.72. The van der Waals surface area contributed by atoms with Crippen molar-refractivity contribution in [1.82, 2.24) is 24.8 Å². The zero-order valence-corrected chi connectivity index (χ0v) is 17.6. The summed E-state index contributed by atoms with van der Waals surface area (Å²) in [5.74, 6) is 2.14. The minimum absolute atomic E-state index is 0.390. The van der Waals surface area contributed by atoms with Gasteiger partial charge in [-0.1, -0.05) is 13.0 Å². The number of ether oxygens (including phenoxy) is 2. The van der Waals surface area contributed by atoms with Crippen LogP contribution in [0.5, 0.6) is 5.88 Å². The summed E-state index contributed by atoms with van der Waals surface area (Å²) in [6.45, 7) is 8.65. The summed E-state index contributed by atoms with van der Waals surface area (Å²) in [6, 6.07) is 4.31. The van der Waals surface area contributed by atoms with E-state index in [1.165, 1.54) is 0 Å². The molecule has 2 aromatic rings. The van der Waals surface area contributed by atoms with Crippen molar-refractivity contribution in [3.63, 3.8) is 0 Å². The number of piperidine rings is 1. The maximum atomic E-state index is 5.75. The topological polar surface area (TPSA) is 76.8 Å². The molecule has 1 saturated heterocycles. The largest absolute Gasteiger partial charge is 0.475 e. The number of aromatic nitrogens is 3. The molecule has 1 N–H and O–H groups in total. The molecule has 1 aliphatic rings. The van der Waals surface area contributed by atoms with Gasteiger partial charge in [0.2, 0.25) is 5.88 Å². The van der Waals surface area contributed by atoms with E-state index in [0.29, 0.717) is 37.6 Å². The molecule has 0 spiro atoms. The number of pyridine rings is 1. The average Bonchev–Trinajstić information content (AvgIpc) is 3.27. The number of nitrogens with one attached hydrogen (secondary N) is 1. The van der Waals surface area contributed by atoms with E-state index in [2.05, 4.69) is 38.6 Å². The maximum Gasteiger partial charge on any atom is 0.218 e. The molecule has 0 aliphatic carbocycles. The lowest BCUT2D eigenvalue weighted by Crippen LogP contribution is -2.49. The predicted molar refractivity (Wildman–Crippen MR) is 113 cm³/mol. The third kappa shape index (κ3) is 5.69. The summed E-state index contributed by atoms with van der Waals surface area (Å²) in [4.78, 5) is 15.8. The lowest BCUT2D eigenvalue weighted by molar-refractivity contribution is 0.143. The zero-order valence-electron chi connectivity index (χ0n) is 17.6. The highest BCUT2D eigenvalue weighted by Crippen LogP contribution is 2.27. The molecule has 0 saturated carbocycles. The number of imidazole rings is 1. The molecular formula is C21H32N6O2. The SMILES string of the molecule is CCNC(=NCc1cccnc1OCCOC)N1CCC(C)C(n2ccnc2)C1. The lowest BCUT2D eigenvalue weighted by atomic mass is 9.93. The molecule has 3 rings (SSSR count). The first-order valence-corrected chi connectivity index (χ1v) is 10.3. The molecule has 0 amide bonds. The van der Waals surface area contributed by atoms with Crippen LogP contribution in [0, 0.1) is 5.92 Å².